The van der Waals surface area contributed by atoms with Gasteiger partial charge in [0, 0.05) is 12.1 Å². The van der Waals surface area contributed by atoms with Gasteiger partial charge in [-0.15, -0.1) is 0 Å². The smallest absolute Gasteiger partial charge is 0.0947 e. The highest BCUT2D eigenvalue weighted by molar-refractivity contribution is 5.31. The summed E-state index contributed by atoms with van der Waals surface area (Å²) in [4.78, 5) is 2.39. The van der Waals surface area contributed by atoms with Gasteiger partial charge in [-0.25, -0.2) is 0 Å². The largest absolute Gasteiger partial charge is 0.387 e. The number of hydrogen-bond donors (Lipinski definition) is 1. The molecule has 0 saturated heterocycles. The minimum absolute atomic E-state index is 0.255. The van der Waals surface area contributed by atoms with Crippen LogP contribution < -0.4 is 0 Å². The van der Waals surface area contributed by atoms with E-state index in [0.717, 1.165) is 18.4 Å². The van der Waals surface area contributed by atoms with Crippen molar-refractivity contribution in [1.82, 2.24) is 4.90 Å². The summed E-state index contributed by atoms with van der Waals surface area (Å²) in [5.74, 6) is 0. The summed E-state index contributed by atoms with van der Waals surface area (Å²) in [6.45, 7) is 4.50. The van der Waals surface area contributed by atoms with E-state index in [1.54, 1.807) is 0 Å². The molecule has 1 aliphatic carbocycles. The van der Waals surface area contributed by atoms with Crippen LogP contribution in [0.15, 0.2) is 24.3 Å². The second-order valence-corrected chi connectivity index (χ2v) is 5.91. The molecule has 19 heavy (non-hydrogen) atoms. The molecule has 3 unspecified atom stereocenters. The summed E-state index contributed by atoms with van der Waals surface area (Å²) in [5, 5.41) is 10.7. The van der Waals surface area contributed by atoms with Crippen LogP contribution in [-0.4, -0.2) is 29.1 Å². The zero-order chi connectivity index (χ0) is 13.8. The highest BCUT2D eigenvalue weighted by Crippen LogP contribution is 2.32. The van der Waals surface area contributed by atoms with Gasteiger partial charge in [0.25, 0.3) is 0 Å². The molecule has 1 aromatic rings. The molecule has 0 amide bonds. The lowest BCUT2D eigenvalue weighted by molar-refractivity contribution is 0.0379. The zero-order valence-electron chi connectivity index (χ0n) is 12.5. The van der Waals surface area contributed by atoms with Gasteiger partial charge in [-0.3, -0.25) is 4.90 Å². The Morgan fingerprint density at radius 2 is 2.11 bits per heavy atom. The topological polar surface area (TPSA) is 23.5 Å². The zero-order valence-corrected chi connectivity index (χ0v) is 12.5. The molecular weight excluding hydrogens is 234 g/mol. The Kier molecular flexibility index (Phi) is 5.00. The van der Waals surface area contributed by atoms with Crippen molar-refractivity contribution in [3.05, 3.63) is 35.4 Å². The summed E-state index contributed by atoms with van der Waals surface area (Å²) in [6, 6.07) is 9.17. The van der Waals surface area contributed by atoms with Gasteiger partial charge in [0.1, 0.15) is 0 Å². The molecule has 3 atom stereocenters. The summed E-state index contributed by atoms with van der Waals surface area (Å²) < 4.78 is 0. The molecule has 0 heterocycles. The lowest BCUT2D eigenvalue weighted by atomic mass is 9.97. The molecule has 0 bridgehead atoms. The Bertz CT molecular complexity index is 404. The lowest BCUT2D eigenvalue weighted by Gasteiger charge is -2.35. The predicted molar refractivity (Wildman–Crippen MR) is 80.3 cm³/mol. The maximum Gasteiger partial charge on any atom is 0.0947 e. The average molecular weight is 261 g/mol. The highest BCUT2D eigenvalue weighted by Gasteiger charge is 2.30. The summed E-state index contributed by atoms with van der Waals surface area (Å²) in [7, 11) is 2.17. The average Bonchev–Trinajstić information content (AvgIpc) is 2.58. The summed E-state index contributed by atoms with van der Waals surface area (Å²) >= 11 is 0. The quantitative estimate of drug-likeness (QED) is 0.838. The number of aryl methyl sites for hydroxylation is 1. The molecule has 2 rings (SSSR count). The molecule has 0 radical (unpaired) electrons. The van der Waals surface area contributed by atoms with Crippen LogP contribution in [0.5, 0.6) is 0 Å². The van der Waals surface area contributed by atoms with Crippen molar-refractivity contribution in [3.8, 4) is 0 Å². The number of fused-ring (bicyclic) bond motifs is 1. The van der Waals surface area contributed by atoms with E-state index in [-0.39, 0.29) is 12.1 Å². The minimum Gasteiger partial charge on any atom is -0.387 e. The summed E-state index contributed by atoms with van der Waals surface area (Å²) in [6.07, 6.45) is 5.40. The number of rotatable bonds is 4. The van der Waals surface area contributed by atoms with E-state index in [1.807, 2.05) is 6.07 Å². The van der Waals surface area contributed by atoms with E-state index in [1.165, 1.54) is 24.8 Å². The SMILES string of the molecule is CCCC(C)N(C)C1CCCc2ccccc2C1O. The number of hydrogen-bond acceptors (Lipinski definition) is 2. The van der Waals surface area contributed by atoms with E-state index in [9.17, 15) is 5.11 Å². The fraction of sp³-hybridized carbons (Fsp3) is 0.647. The Balaban J connectivity index is 2.19. The van der Waals surface area contributed by atoms with Gasteiger partial charge < -0.3 is 5.11 Å². The Morgan fingerprint density at radius 1 is 1.37 bits per heavy atom. The van der Waals surface area contributed by atoms with Gasteiger partial charge in [-0.05, 0) is 50.8 Å². The van der Waals surface area contributed by atoms with Gasteiger partial charge in [-0.2, -0.15) is 0 Å². The van der Waals surface area contributed by atoms with E-state index in [2.05, 4.69) is 44.0 Å². The number of nitrogens with zero attached hydrogens (tertiary/aromatic N) is 1. The molecule has 106 valence electrons. The molecular formula is C17H27NO. The van der Waals surface area contributed by atoms with E-state index in [0.29, 0.717) is 6.04 Å². The van der Waals surface area contributed by atoms with E-state index in [4.69, 9.17) is 0 Å². The molecule has 0 aliphatic heterocycles. The first-order valence-corrected chi connectivity index (χ1v) is 7.63. The van der Waals surface area contributed by atoms with E-state index >= 15 is 0 Å². The van der Waals surface area contributed by atoms with Crippen molar-refractivity contribution >= 4 is 0 Å². The Labute approximate surface area is 117 Å². The van der Waals surface area contributed by atoms with Gasteiger partial charge >= 0.3 is 0 Å². The third-order valence-corrected chi connectivity index (χ3v) is 4.61. The van der Waals surface area contributed by atoms with Crippen molar-refractivity contribution in [1.29, 1.82) is 0 Å². The minimum atomic E-state index is -0.344. The molecule has 2 heteroatoms. The first-order chi connectivity index (χ1) is 9.15. The molecule has 2 nitrogen and oxygen atoms in total. The van der Waals surface area contributed by atoms with Crippen molar-refractivity contribution in [2.24, 2.45) is 0 Å². The van der Waals surface area contributed by atoms with Crippen LogP contribution >= 0.6 is 0 Å². The van der Waals surface area contributed by atoms with Crippen LogP contribution in [0.2, 0.25) is 0 Å². The fourth-order valence-electron chi connectivity index (χ4n) is 3.29. The number of likely N-dealkylation sites (N-methyl/N-ethyl adjacent to an activating group) is 1. The van der Waals surface area contributed by atoms with Gasteiger partial charge in [-0.1, -0.05) is 37.6 Å². The van der Waals surface area contributed by atoms with Crippen LogP contribution in [0, 0.1) is 0 Å². The van der Waals surface area contributed by atoms with Crippen molar-refractivity contribution in [3.63, 3.8) is 0 Å². The van der Waals surface area contributed by atoms with Gasteiger partial charge in [0.2, 0.25) is 0 Å². The maximum absolute atomic E-state index is 10.7. The second kappa shape index (κ2) is 6.53. The monoisotopic (exact) mass is 261 g/mol. The highest BCUT2D eigenvalue weighted by atomic mass is 16.3. The third kappa shape index (κ3) is 3.18. The van der Waals surface area contributed by atoms with Crippen molar-refractivity contribution < 1.29 is 5.11 Å². The van der Waals surface area contributed by atoms with Crippen molar-refractivity contribution in [2.75, 3.05) is 7.05 Å². The summed E-state index contributed by atoms with van der Waals surface area (Å²) in [5.41, 5.74) is 2.47. The van der Waals surface area contributed by atoms with Gasteiger partial charge in [0.15, 0.2) is 0 Å². The molecule has 1 aromatic carbocycles. The molecule has 0 aromatic heterocycles. The number of benzene rings is 1. The standard InChI is InChI=1S/C17H27NO/c1-4-8-13(2)18(3)16-12-7-10-14-9-5-6-11-15(14)17(16)19/h5-6,9,11,13,16-17,19H,4,7-8,10,12H2,1-3H3. The van der Waals surface area contributed by atoms with Crippen LogP contribution in [-0.2, 0) is 6.42 Å². The van der Waals surface area contributed by atoms with Crippen LogP contribution in [0.1, 0.15) is 56.8 Å². The maximum atomic E-state index is 10.7. The van der Waals surface area contributed by atoms with Gasteiger partial charge in [0.05, 0.1) is 6.10 Å². The number of aliphatic hydroxyl groups is 1. The number of aliphatic hydroxyl groups excluding tert-OH is 1. The van der Waals surface area contributed by atoms with Crippen LogP contribution in [0.25, 0.3) is 0 Å². The normalized spacial score (nSPS) is 24.9. The predicted octanol–water partition coefficient (Wildman–Crippen LogP) is 3.55. The third-order valence-electron chi connectivity index (χ3n) is 4.61. The fourth-order valence-corrected chi connectivity index (χ4v) is 3.29. The molecule has 1 aliphatic rings. The molecule has 0 spiro atoms. The molecule has 1 N–H and O–H groups in total. The Hall–Kier alpha value is -0.860. The van der Waals surface area contributed by atoms with Crippen molar-refractivity contribution in [2.45, 2.75) is 64.1 Å². The first kappa shape index (κ1) is 14.5. The second-order valence-electron chi connectivity index (χ2n) is 5.91. The lowest BCUT2D eigenvalue weighted by Crippen LogP contribution is -2.42. The first-order valence-electron chi connectivity index (χ1n) is 7.63. The van der Waals surface area contributed by atoms with E-state index < -0.39 is 0 Å². The molecule has 0 fully saturated rings. The van der Waals surface area contributed by atoms with Crippen LogP contribution in [0.4, 0.5) is 0 Å². The van der Waals surface area contributed by atoms with Crippen LogP contribution in [0.3, 0.4) is 0 Å². The molecule has 0 saturated carbocycles. The Morgan fingerprint density at radius 3 is 2.84 bits per heavy atom.